The topological polar surface area (TPSA) is 0 Å². The fourth-order valence-corrected chi connectivity index (χ4v) is 5.17. The molecule has 15 heavy (non-hydrogen) atoms. The van der Waals surface area contributed by atoms with Gasteiger partial charge in [-0.05, 0) is 68.1 Å². The van der Waals surface area contributed by atoms with E-state index in [2.05, 4.69) is 33.8 Å². The van der Waals surface area contributed by atoms with E-state index in [9.17, 15) is 0 Å². The van der Waals surface area contributed by atoms with Gasteiger partial charge in [-0.1, -0.05) is 25.5 Å². The van der Waals surface area contributed by atoms with E-state index in [-0.39, 0.29) is 0 Å². The Labute approximate surface area is 94.1 Å². The molecule has 4 bridgehead atoms. The first-order valence-electron chi connectivity index (χ1n) is 6.63. The first kappa shape index (κ1) is 9.93. The summed E-state index contributed by atoms with van der Waals surface area (Å²) in [6, 6.07) is 0. The molecule has 0 amide bonds. The van der Waals surface area contributed by atoms with E-state index in [1.54, 1.807) is 12.8 Å². The molecule has 4 aliphatic carbocycles. The van der Waals surface area contributed by atoms with Gasteiger partial charge in [0.1, 0.15) is 0 Å². The summed E-state index contributed by atoms with van der Waals surface area (Å²) in [7, 11) is 0. The van der Waals surface area contributed by atoms with E-state index in [1.807, 2.05) is 0 Å². The average Bonchev–Trinajstić information content (AvgIpc) is 2.53. The van der Waals surface area contributed by atoms with Crippen LogP contribution in [0.15, 0.2) is 11.6 Å². The van der Waals surface area contributed by atoms with Crippen LogP contribution in [0.5, 0.6) is 0 Å². The Morgan fingerprint density at radius 2 is 1.80 bits per heavy atom. The molecule has 0 heterocycles. The van der Waals surface area contributed by atoms with E-state index < -0.39 is 0 Å². The van der Waals surface area contributed by atoms with Gasteiger partial charge in [-0.25, -0.2) is 0 Å². The van der Waals surface area contributed by atoms with E-state index in [4.69, 9.17) is 0 Å². The van der Waals surface area contributed by atoms with Gasteiger partial charge in [0.15, 0.2) is 0 Å². The summed E-state index contributed by atoms with van der Waals surface area (Å²) in [5.74, 6) is 3.32. The molecule has 0 N–H and O–H groups in total. The van der Waals surface area contributed by atoms with Gasteiger partial charge in [0.25, 0.3) is 0 Å². The van der Waals surface area contributed by atoms with Crippen LogP contribution < -0.4 is 0 Å². The molecule has 4 rings (SSSR count). The molecule has 4 aliphatic rings. The maximum absolute atomic E-state index is 2.59. The quantitative estimate of drug-likeness (QED) is 0.597. The Bertz CT molecular complexity index is 309. The fraction of sp³-hybridized carbons (Fsp3) is 0.867. The van der Waals surface area contributed by atoms with Crippen molar-refractivity contribution in [2.45, 2.75) is 53.4 Å². The third-order valence-corrected chi connectivity index (χ3v) is 6.34. The molecular formula is C15H24. The van der Waals surface area contributed by atoms with Crippen molar-refractivity contribution in [2.24, 2.45) is 28.6 Å². The zero-order chi connectivity index (χ0) is 10.8. The SMILES string of the molecule is CC(C)=CCC[C@]1(C)C2CC3[C@@H](C2)C31C. The highest BCUT2D eigenvalue weighted by Crippen LogP contribution is 2.86. The average molecular weight is 204 g/mol. The van der Waals surface area contributed by atoms with Gasteiger partial charge in [-0.15, -0.1) is 0 Å². The van der Waals surface area contributed by atoms with E-state index in [0.29, 0.717) is 5.41 Å². The molecule has 0 saturated heterocycles. The van der Waals surface area contributed by atoms with Crippen LogP contribution in [0.3, 0.4) is 0 Å². The highest BCUT2D eigenvalue weighted by molar-refractivity contribution is 5.28. The van der Waals surface area contributed by atoms with Gasteiger partial charge < -0.3 is 0 Å². The Balaban J connectivity index is 1.73. The molecule has 4 saturated carbocycles. The van der Waals surface area contributed by atoms with Gasteiger partial charge in [-0.3, -0.25) is 0 Å². The molecular weight excluding hydrogens is 180 g/mol. The monoisotopic (exact) mass is 204 g/mol. The Morgan fingerprint density at radius 1 is 1.20 bits per heavy atom. The van der Waals surface area contributed by atoms with Crippen molar-refractivity contribution < 1.29 is 0 Å². The van der Waals surface area contributed by atoms with Crippen molar-refractivity contribution in [3.63, 3.8) is 0 Å². The summed E-state index contributed by atoms with van der Waals surface area (Å²) in [6.07, 6.45) is 8.30. The van der Waals surface area contributed by atoms with Gasteiger partial charge in [0, 0.05) is 0 Å². The van der Waals surface area contributed by atoms with Crippen molar-refractivity contribution >= 4 is 0 Å². The van der Waals surface area contributed by atoms with Crippen molar-refractivity contribution in [1.29, 1.82) is 0 Å². The minimum atomic E-state index is 0.689. The van der Waals surface area contributed by atoms with E-state index >= 15 is 0 Å². The van der Waals surface area contributed by atoms with Gasteiger partial charge >= 0.3 is 0 Å². The van der Waals surface area contributed by atoms with Gasteiger partial charge in [-0.2, -0.15) is 0 Å². The predicted molar refractivity (Wildman–Crippen MR) is 64.6 cm³/mol. The molecule has 3 unspecified atom stereocenters. The molecule has 4 fully saturated rings. The summed E-state index contributed by atoms with van der Waals surface area (Å²) in [5.41, 5.74) is 2.93. The third-order valence-electron chi connectivity index (χ3n) is 6.34. The lowest BCUT2D eigenvalue weighted by atomic mass is 9.71. The summed E-state index contributed by atoms with van der Waals surface area (Å²) in [6.45, 7) is 9.61. The Morgan fingerprint density at radius 3 is 2.20 bits per heavy atom. The van der Waals surface area contributed by atoms with Crippen LogP contribution in [0.1, 0.15) is 53.4 Å². The molecule has 0 heteroatoms. The second-order valence-corrected chi connectivity index (χ2v) is 6.90. The number of hydrogen-bond donors (Lipinski definition) is 0. The second kappa shape index (κ2) is 2.70. The summed E-state index contributed by atoms with van der Waals surface area (Å²) >= 11 is 0. The van der Waals surface area contributed by atoms with Crippen molar-refractivity contribution in [3.8, 4) is 0 Å². The van der Waals surface area contributed by atoms with Crippen LogP contribution >= 0.6 is 0 Å². The normalized spacial score (nSPS) is 54.5. The van der Waals surface area contributed by atoms with Crippen LogP contribution in [0.4, 0.5) is 0 Å². The molecule has 0 radical (unpaired) electrons. The van der Waals surface area contributed by atoms with Gasteiger partial charge in [0.2, 0.25) is 0 Å². The van der Waals surface area contributed by atoms with E-state index in [0.717, 1.165) is 23.2 Å². The molecule has 0 nitrogen and oxygen atoms in total. The van der Waals surface area contributed by atoms with Crippen LogP contribution in [0.25, 0.3) is 0 Å². The third kappa shape index (κ3) is 0.990. The van der Waals surface area contributed by atoms with Gasteiger partial charge in [0.05, 0.1) is 0 Å². The first-order chi connectivity index (χ1) is 7.00. The lowest BCUT2D eigenvalue weighted by Gasteiger charge is -2.34. The Hall–Kier alpha value is -0.260. The highest BCUT2D eigenvalue weighted by atomic mass is 14.8. The number of hydrogen-bond acceptors (Lipinski definition) is 0. The lowest BCUT2D eigenvalue weighted by Crippen LogP contribution is -2.26. The number of rotatable bonds is 3. The first-order valence-corrected chi connectivity index (χ1v) is 6.63. The van der Waals surface area contributed by atoms with E-state index in [1.165, 1.54) is 18.4 Å². The standard InChI is InChI=1S/C15H24/c1-10(2)6-5-7-14(3)11-8-12-13(9-11)15(12,14)4/h6,11-13H,5,7-9H2,1-4H3/t11?,12-,13?,14-,15?/m1/s1. The summed E-state index contributed by atoms with van der Waals surface area (Å²) in [4.78, 5) is 0. The van der Waals surface area contributed by atoms with Crippen LogP contribution in [0, 0.1) is 28.6 Å². The Kier molecular flexibility index (Phi) is 1.79. The van der Waals surface area contributed by atoms with Crippen molar-refractivity contribution in [1.82, 2.24) is 0 Å². The minimum absolute atomic E-state index is 0.689. The largest absolute Gasteiger partial charge is 0.0859 e. The fourth-order valence-electron chi connectivity index (χ4n) is 5.17. The summed E-state index contributed by atoms with van der Waals surface area (Å²) in [5, 5.41) is 0. The molecule has 0 aromatic heterocycles. The van der Waals surface area contributed by atoms with Crippen LogP contribution in [-0.2, 0) is 0 Å². The van der Waals surface area contributed by atoms with Crippen LogP contribution in [-0.4, -0.2) is 0 Å². The highest BCUT2D eigenvalue weighted by Gasteiger charge is 2.80. The predicted octanol–water partition coefficient (Wildman–Crippen LogP) is 4.42. The maximum atomic E-state index is 2.59. The molecule has 5 atom stereocenters. The molecule has 0 aliphatic heterocycles. The second-order valence-electron chi connectivity index (χ2n) is 6.90. The maximum Gasteiger partial charge on any atom is -0.0207 e. The molecule has 84 valence electrons. The minimum Gasteiger partial charge on any atom is -0.0859 e. The van der Waals surface area contributed by atoms with Crippen molar-refractivity contribution in [3.05, 3.63) is 11.6 Å². The van der Waals surface area contributed by atoms with Crippen LogP contribution in [0.2, 0.25) is 0 Å². The van der Waals surface area contributed by atoms with Crippen molar-refractivity contribution in [2.75, 3.05) is 0 Å². The molecule has 0 aromatic carbocycles. The molecule has 0 aromatic rings. The zero-order valence-electron chi connectivity index (χ0n) is 10.6. The molecule has 0 spiro atoms. The summed E-state index contributed by atoms with van der Waals surface area (Å²) < 4.78 is 0. The lowest BCUT2D eigenvalue weighted by molar-refractivity contribution is 0.155. The number of allylic oxidation sites excluding steroid dienone is 2. The smallest absolute Gasteiger partial charge is 0.0207 e. The zero-order valence-corrected chi connectivity index (χ0v) is 10.6.